The second kappa shape index (κ2) is 13.4. The molecule has 0 heterocycles. The van der Waals surface area contributed by atoms with Crippen LogP contribution in [0.15, 0.2) is 72.8 Å². The lowest BCUT2D eigenvalue weighted by Crippen LogP contribution is -2.24. The molecule has 0 aliphatic heterocycles. The van der Waals surface area contributed by atoms with Gasteiger partial charge in [-0.15, -0.1) is 0 Å². The average Bonchev–Trinajstić information content (AvgIpc) is 2.89. The van der Waals surface area contributed by atoms with Crippen molar-refractivity contribution in [3.8, 4) is 17.2 Å². The van der Waals surface area contributed by atoms with Crippen molar-refractivity contribution in [3.05, 3.63) is 89.5 Å². The van der Waals surface area contributed by atoms with E-state index in [1.165, 1.54) is 72.8 Å². The largest absolute Gasteiger partial charge is 0.647 e. The summed E-state index contributed by atoms with van der Waals surface area (Å²) in [5.74, 6) is -5.95. The fourth-order valence-electron chi connectivity index (χ4n) is 4.27. The summed E-state index contributed by atoms with van der Waals surface area (Å²) in [6, 6.07) is 16.9. The molecule has 3 rings (SSSR count). The third-order valence-corrected chi connectivity index (χ3v) is 7.70. The predicted molar refractivity (Wildman–Crippen MR) is 152 cm³/mol. The molecule has 0 fully saturated rings. The number of hydrogen-bond acceptors (Lipinski definition) is 10. The summed E-state index contributed by atoms with van der Waals surface area (Å²) in [6.45, 7) is 5.45. The molecular formula is C30H39O10P. The third-order valence-electron chi connectivity index (χ3n) is 6.40. The smallest absolute Gasteiger partial charge is 0.386 e. The number of rotatable bonds is 15. The van der Waals surface area contributed by atoms with Gasteiger partial charge in [-0.05, 0) is 72.8 Å². The molecule has 0 atom stereocenters. The average molecular weight is 591 g/mol. The van der Waals surface area contributed by atoms with Crippen LogP contribution in [0.2, 0.25) is 0 Å². The van der Waals surface area contributed by atoms with Gasteiger partial charge in [0.2, 0.25) is 0 Å². The Balaban J connectivity index is 1.90. The summed E-state index contributed by atoms with van der Waals surface area (Å²) in [5, 5.41) is 61.6. The highest BCUT2D eigenvalue weighted by Gasteiger charge is 2.35. The first-order valence-electron chi connectivity index (χ1n) is 13.6. The number of phosphoric acid groups is 1. The molecule has 0 spiro atoms. The van der Waals surface area contributed by atoms with Crippen LogP contribution in [0.5, 0.6) is 17.2 Å². The Morgan fingerprint density at radius 1 is 0.488 bits per heavy atom. The van der Waals surface area contributed by atoms with Crippen molar-refractivity contribution in [1.29, 1.82) is 0 Å². The van der Waals surface area contributed by atoms with Gasteiger partial charge in [0, 0.05) is 36.0 Å². The van der Waals surface area contributed by atoms with Crippen LogP contribution in [0.1, 0.15) is 76.0 Å². The highest BCUT2D eigenvalue weighted by molar-refractivity contribution is 7.49. The number of hydrogen-bond donors (Lipinski definition) is 6. The zero-order valence-electron chi connectivity index (χ0n) is 23.4. The van der Waals surface area contributed by atoms with Crippen LogP contribution in [0.25, 0.3) is 0 Å². The zero-order valence-corrected chi connectivity index (χ0v) is 24.3. The lowest BCUT2D eigenvalue weighted by Gasteiger charge is -2.24. The van der Waals surface area contributed by atoms with E-state index in [0.29, 0.717) is 19.3 Å². The SMILES string of the molecule is CCCC(O)(O)c1ccc(OP(=O)(Oc2ccc(C(O)(O)CCC)cc2)Oc2ccc(C(O)(O)CCC)cc2)cc1. The first-order chi connectivity index (χ1) is 19.2. The minimum absolute atomic E-state index is 0.0537. The number of aliphatic hydroxyl groups is 6. The molecule has 0 aliphatic carbocycles. The van der Waals surface area contributed by atoms with E-state index >= 15 is 0 Å². The summed E-state index contributed by atoms with van der Waals surface area (Å²) in [4.78, 5) is 0. The van der Waals surface area contributed by atoms with Crippen LogP contribution in [-0.4, -0.2) is 30.6 Å². The summed E-state index contributed by atoms with van der Waals surface area (Å²) >= 11 is 0. The molecule has 3 aromatic rings. The molecule has 0 radical (unpaired) electrons. The molecule has 11 heteroatoms. The van der Waals surface area contributed by atoms with Crippen LogP contribution in [0, 0.1) is 0 Å². The first kappa shape index (κ1) is 32.6. The molecule has 0 bridgehead atoms. The number of phosphoric ester groups is 1. The first-order valence-corrected chi connectivity index (χ1v) is 15.0. The predicted octanol–water partition coefficient (Wildman–Crippen LogP) is 5.14. The van der Waals surface area contributed by atoms with Crippen molar-refractivity contribution >= 4 is 7.82 Å². The molecule has 0 saturated carbocycles. The van der Waals surface area contributed by atoms with Gasteiger partial charge in [-0.2, -0.15) is 4.57 Å². The zero-order chi connectivity index (χ0) is 30.3. The van der Waals surface area contributed by atoms with E-state index in [-0.39, 0.29) is 53.2 Å². The Hall–Kier alpha value is -2.95. The normalized spacial score (nSPS) is 12.7. The van der Waals surface area contributed by atoms with Crippen molar-refractivity contribution in [2.24, 2.45) is 0 Å². The fraction of sp³-hybridized carbons (Fsp3) is 0.400. The molecule has 0 amide bonds. The molecule has 0 saturated heterocycles. The molecule has 6 N–H and O–H groups in total. The van der Waals surface area contributed by atoms with Gasteiger partial charge in [-0.25, -0.2) is 0 Å². The highest BCUT2D eigenvalue weighted by Crippen LogP contribution is 2.50. The van der Waals surface area contributed by atoms with Crippen LogP contribution >= 0.6 is 7.82 Å². The van der Waals surface area contributed by atoms with Gasteiger partial charge in [-0.1, -0.05) is 40.0 Å². The molecule has 0 aromatic heterocycles. The van der Waals surface area contributed by atoms with Gasteiger partial charge in [0.25, 0.3) is 0 Å². The van der Waals surface area contributed by atoms with Gasteiger partial charge in [0.15, 0.2) is 17.4 Å². The summed E-state index contributed by atoms with van der Waals surface area (Å²) in [5.41, 5.74) is 0.671. The Morgan fingerprint density at radius 2 is 0.707 bits per heavy atom. The van der Waals surface area contributed by atoms with Crippen LogP contribution in [-0.2, 0) is 21.9 Å². The Labute approximate surface area is 240 Å². The quantitative estimate of drug-likeness (QED) is 0.103. The van der Waals surface area contributed by atoms with Crippen molar-refractivity contribution in [2.75, 3.05) is 0 Å². The fourth-order valence-corrected chi connectivity index (χ4v) is 5.52. The van der Waals surface area contributed by atoms with Crippen molar-refractivity contribution in [1.82, 2.24) is 0 Å². The minimum Gasteiger partial charge on any atom is -0.386 e. The maximum atomic E-state index is 13.9. The number of benzene rings is 3. The topological polar surface area (TPSA) is 166 Å². The monoisotopic (exact) mass is 590 g/mol. The molecule has 0 unspecified atom stereocenters. The van der Waals surface area contributed by atoms with E-state index in [0.717, 1.165) is 0 Å². The maximum absolute atomic E-state index is 13.9. The second-order valence-electron chi connectivity index (χ2n) is 9.99. The van der Waals surface area contributed by atoms with Gasteiger partial charge in [0.05, 0.1) is 0 Å². The van der Waals surface area contributed by atoms with Gasteiger partial charge in [0.1, 0.15) is 17.2 Å². The van der Waals surface area contributed by atoms with E-state index in [2.05, 4.69) is 0 Å². The summed E-state index contributed by atoms with van der Waals surface area (Å²) in [6.07, 6.45) is 1.97. The molecule has 0 aliphatic rings. The maximum Gasteiger partial charge on any atom is 0.647 e. The highest BCUT2D eigenvalue weighted by atomic mass is 31.2. The van der Waals surface area contributed by atoms with Gasteiger partial charge >= 0.3 is 7.82 Å². The Bertz CT molecular complexity index is 1130. The Kier molecular flexibility index (Phi) is 10.6. The van der Waals surface area contributed by atoms with E-state index < -0.39 is 25.2 Å². The standard InChI is InChI=1S/C30H39O10P/c1-4-19-28(31,32)22-7-13-25(14-8-22)38-41(37,39-26-15-9-23(10-16-26)29(33,34)20-5-2)40-27-17-11-24(12-18-27)30(35,36)21-6-3/h7-18,31-36H,4-6,19-21H2,1-3H3. The van der Waals surface area contributed by atoms with Gasteiger partial charge in [-0.3, -0.25) is 0 Å². The van der Waals surface area contributed by atoms with Crippen LogP contribution in [0.3, 0.4) is 0 Å². The second-order valence-corrected chi connectivity index (χ2v) is 11.4. The van der Waals surface area contributed by atoms with E-state index in [4.69, 9.17) is 13.6 Å². The molecule has 3 aromatic carbocycles. The van der Waals surface area contributed by atoms with E-state index in [1.807, 2.05) is 20.8 Å². The van der Waals surface area contributed by atoms with Gasteiger partial charge < -0.3 is 44.2 Å². The molecule has 41 heavy (non-hydrogen) atoms. The Morgan fingerprint density at radius 3 is 0.902 bits per heavy atom. The lowest BCUT2D eigenvalue weighted by molar-refractivity contribution is -0.175. The van der Waals surface area contributed by atoms with Crippen molar-refractivity contribution < 1.29 is 48.8 Å². The minimum atomic E-state index is -4.47. The van der Waals surface area contributed by atoms with E-state index in [1.54, 1.807) is 0 Å². The summed E-state index contributed by atoms with van der Waals surface area (Å²) < 4.78 is 30.9. The lowest BCUT2D eigenvalue weighted by atomic mass is 10.0. The van der Waals surface area contributed by atoms with Crippen molar-refractivity contribution in [2.45, 2.75) is 76.7 Å². The van der Waals surface area contributed by atoms with E-state index in [9.17, 15) is 35.2 Å². The third kappa shape index (κ3) is 8.77. The van der Waals surface area contributed by atoms with Crippen LogP contribution in [0.4, 0.5) is 0 Å². The molecular weight excluding hydrogens is 551 g/mol. The molecule has 10 nitrogen and oxygen atoms in total. The molecule has 224 valence electrons. The summed E-state index contributed by atoms with van der Waals surface area (Å²) in [7, 11) is -4.47. The van der Waals surface area contributed by atoms with Crippen molar-refractivity contribution in [3.63, 3.8) is 0 Å². The van der Waals surface area contributed by atoms with Crippen LogP contribution < -0.4 is 13.6 Å².